The molecule has 8 heteroatoms. The van der Waals surface area contributed by atoms with E-state index in [9.17, 15) is 0 Å². The van der Waals surface area contributed by atoms with Gasteiger partial charge < -0.3 is 5.73 Å². The summed E-state index contributed by atoms with van der Waals surface area (Å²) in [5, 5.41) is 17.5. The van der Waals surface area contributed by atoms with Crippen molar-refractivity contribution in [3.8, 4) is 0 Å². The highest BCUT2D eigenvalue weighted by Gasteiger charge is 2.10. The summed E-state index contributed by atoms with van der Waals surface area (Å²) in [6, 6.07) is 10.2. The van der Waals surface area contributed by atoms with Crippen LogP contribution in [0.5, 0.6) is 0 Å². The van der Waals surface area contributed by atoms with E-state index in [1.54, 1.807) is 0 Å². The van der Waals surface area contributed by atoms with Crippen LogP contribution in [0, 0.1) is 0 Å². The standard InChI is InChI=1S/C19H16N8/c20-17-7-16(18-19(23-17)25-26-24-18)6-13-8-22-27(11-13)10-12-1-2-15-9-21-4-3-14(15)5-12/h1-5,7-9,11H,6,10H2,(H3,20,23,24,25,26). The second-order valence-corrected chi connectivity index (χ2v) is 6.50. The van der Waals surface area contributed by atoms with Gasteiger partial charge in [0.2, 0.25) is 0 Å². The minimum Gasteiger partial charge on any atom is -0.384 e. The van der Waals surface area contributed by atoms with Gasteiger partial charge in [-0.3, -0.25) is 9.67 Å². The molecule has 0 amide bonds. The predicted octanol–water partition coefficient (Wildman–Crippen LogP) is 2.32. The number of nitrogens with one attached hydrogen (secondary N) is 1. The largest absolute Gasteiger partial charge is 0.384 e. The second-order valence-electron chi connectivity index (χ2n) is 6.50. The van der Waals surface area contributed by atoms with Crippen molar-refractivity contribution in [3.63, 3.8) is 0 Å². The fourth-order valence-corrected chi connectivity index (χ4v) is 3.28. The number of rotatable bonds is 4. The lowest BCUT2D eigenvalue weighted by Crippen LogP contribution is -2.00. The van der Waals surface area contributed by atoms with Gasteiger partial charge in [0.25, 0.3) is 0 Å². The van der Waals surface area contributed by atoms with E-state index in [1.165, 1.54) is 10.9 Å². The van der Waals surface area contributed by atoms with Gasteiger partial charge in [-0.05, 0) is 40.3 Å². The Morgan fingerprint density at radius 1 is 1.04 bits per heavy atom. The minimum atomic E-state index is 0.446. The molecular formula is C19H16N8. The summed E-state index contributed by atoms with van der Waals surface area (Å²) in [6.45, 7) is 0.704. The smallest absolute Gasteiger partial charge is 0.178 e. The van der Waals surface area contributed by atoms with Crippen molar-refractivity contribution in [1.82, 2.24) is 35.2 Å². The number of fused-ring (bicyclic) bond motifs is 2. The number of pyridine rings is 2. The van der Waals surface area contributed by atoms with E-state index in [2.05, 4.69) is 48.7 Å². The minimum absolute atomic E-state index is 0.446. The van der Waals surface area contributed by atoms with Crippen LogP contribution in [0.25, 0.3) is 21.9 Å². The monoisotopic (exact) mass is 356 g/mol. The molecule has 0 unspecified atom stereocenters. The van der Waals surface area contributed by atoms with Gasteiger partial charge in [-0.15, -0.1) is 5.10 Å². The van der Waals surface area contributed by atoms with Crippen molar-refractivity contribution < 1.29 is 0 Å². The Morgan fingerprint density at radius 2 is 2.00 bits per heavy atom. The normalized spacial score (nSPS) is 11.4. The summed E-state index contributed by atoms with van der Waals surface area (Å²) in [5.74, 6) is 0.446. The summed E-state index contributed by atoms with van der Waals surface area (Å²) in [7, 11) is 0. The zero-order chi connectivity index (χ0) is 18.2. The molecule has 0 saturated carbocycles. The number of nitrogens with zero attached hydrogens (tertiary/aromatic N) is 6. The molecule has 8 nitrogen and oxygen atoms in total. The van der Waals surface area contributed by atoms with E-state index < -0.39 is 0 Å². The lowest BCUT2D eigenvalue weighted by molar-refractivity contribution is 0.687. The molecular weight excluding hydrogens is 340 g/mol. The SMILES string of the molecule is Nc1cc(Cc2cnn(Cc3ccc4cnccc4c3)c2)c2nn[nH]c2n1. The van der Waals surface area contributed by atoms with E-state index >= 15 is 0 Å². The molecule has 5 aromatic rings. The lowest BCUT2D eigenvalue weighted by Gasteiger charge is -2.04. The molecule has 0 bridgehead atoms. The van der Waals surface area contributed by atoms with Crippen LogP contribution in [-0.2, 0) is 13.0 Å². The molecule has 0 aliphatic heterocycles. The van der Waals surface area contributed by atoms with Crippen molar-refractivity contribution in [3.05, 3.63) is 71.8 Å². The quantitative estimate of drug-likeness (QED) is 0.511. The van der Waals surface area contributed by atoms with Crippen LogP contribution in [0.3, 0.4) is 0 Å². The Kier molecular flexibility index (Phi) is 3.53. The Hall–Kier alpha value is -3.81. The maximum atomic E-state index is 5.88. The first-order chi connectivity index (χ1) is 13.2. The zero-order valence-electron chi connectivity index (χ0n) is 14.4. The average Bonchev–Trinajstić information content (AvgIpc) is 3.31. The van der Waals surface area contributed by atoms with Crippen LogP contribution in [0.15, 0.2) is 55.1 Å². The number of hydrogen-bond donors (Lipinski definition) is 2. The van der Waals surface area contributed by atoms with E-state index in [0.717, 1.165) is 22.0 Å². The van der Waals surface area contributed by atoms with Gasteiger partial charge in [0.05, 0.1) is 12.7 Å². The fraction of sp³-hybridized carbons (Fsp3) is 0.105. The molecule has 4 heterocycles. The molecule has 0 fully saturated rings. The third-order valence-electron chi connectivity index (χ3n) is 4.53. The Balaban J connectivity index is 1.39. The van der Waals surface area contributed by atoms with Crippen molar-refractivity contribution in [1.29, 1.82) is 0 Å². The van der Waals surface area contributed by atoms with Gasteiger partial charge in [0.15, 0.2) is 5.65 Å². The van der Waals surface area contributed by atoms with Crippen molar-refractivity contribution >= 4 is 27.8 Å². The Bertz CT molecular complexity index is 1250. The highest BCUT2D eigenvalue weighted by molar-refractivity contribution is 5.82. The molecule has 4 aromatic heterocycles. The summed E-state index contributed by atoms with van der Waals surface area (Å²) in [6.07, 6.45) is 8.26. The van der Waals surface area contributed by atoms with Crippen molar-refractivity contribution in [2.24, 2.45) is 0 Å². The summed E-state index contributed by atoms with van der Waals surface area (Å²) in [5.41, 5.74) is 10.5. The number of anilines is 1. The number of hydrogen-bond acceptors (Lipinski definition) is 6. The number of nitrogen functional groups attached to an aromatic ring is 1. The Morgan fingerprint density at radius 3 is 2.96 bits per heavy atom. The van der Waals surface area contributed by atoms with Crippen LogP contribution in [0.1, 0.15) is 16.7 Å². The van der Waals surface area contributed by atoms with E-state index in [4.69, 9.17) is 5.73 Å². The van der Waals surface area contributed by atoms with Crippen LogP contribution < -0.4 is 5.73 Å². The maximum Gasteiger partial charge on any atom is 0.178 e. The zero-order valence-corrected chi connectivity index (χ0v) is 14.4. The summed E-state index contributed by atoms with van der Waals surface area (Å²) >= 11 is 0. The average molecular weight is 356 g/mol. The molecule has 132 valence electrons. The van der Waals surface area contributed by atoms with Gasteiger partial charge in [-0.25, -0.2) is 10.1 Å². The molecule has 1 aromatic carbocycles. The number of nitrogens with two attached hydrogens (primary N) is 1. The van der Waals surface area contributed by atoms with Gasteiger partial charge in [-0.1, -0.05) is 17.3 Å². The molecule has 0 atom stereocenters. The van der Waals surface area contributed by atoms with Crippen molar-refractivity contribution in [2.75, 3.05) is 5.73 Å². The van der Waals surface area contributed by atoms with Crippen LogP contribution in [0.2, 0.25) is 0 Å². The summed E-state index contributed by atoms with van der Waals surface area (Å²) in [4.78, 5) is 8.35. The first-order valence-electron chi connectivity index (χ1n) is 8.55. The number of benzene rings is 1. The predicted molar refractivity (Wildman–Crippen MR) is 102 cm³/mol. The molecule has 5 rings (SSSR count). The van der Waals surface area contributed by atoms with Gasteiger partial charge >= 0.3 is 0 Å². The highest BCUT2D eigenvalue weighted by atomic mass is 15.3. The molecule has 0 saturated heterocycles. The van der Waals surface area contributed by atoms with Gasteiger partial charge in [-0.2, -0.15) is 5.10 Å². The molecule has 0 spiro atoms. The van der Waals surface area contributed by atoms with Gasteiger partial charge in [0.1, 0.15) is 11.3 Å². The van der Waals surface area contributed by atoms with Crippen LogP contribution in [-0.4, -0.2) is 35.2 Å². The van der Waals surface area contributed by atoms with E-state index in [-0.39, 0.29) is 0 Å². The van der Waals surface area contributed by atoms with Crippen molar-refractivity contribution in [2.45, 2.75) is 13.0 Å². The first-order valence-corrected chi connectivity index (χ1v) is 8.55. The highest BCUT2D eigenvalue weighted by Crippen LogP contribution is 2.19. The summed E-state index contributed by atoms with van der Waals surface area (Å²) < 4.78 is 1.93. The fourth-order valence-electron chi connectivity index (χ4n) is 3.28. The first kappa shape index (κ1) is 15.4. The van der Waals surface area contributed by atoms with Crippen LogP contribution in [0.4, 0.5) is 5.82 Å². The van der Waals surface area contributed by atoms with Gasteiger partial charge in [0, 0.05) is 30.4 Å². The second kappa shape index (κ2) is 6.17. The molecule has 0 aliphatic carbocycles. The lowest BCUT2D eigenvalue weighted by atomic mass is 10.1. The van der Waals surface area contributed by atoms with E-state index in [0.29, 0.717) is 24.4 Å². The topological polar surface area (TPSA) is 111 Å². The number of H-pyrrole nitrogens is 1. The molecule has 3 N–H and O–H groups in total. The molecule has 0 radical (unpaired) electrons. The maximum absolute atomic E-state index is 5.88. The third kappa shape index (κ3) is 2.97. The third-order valence-corrected chi connectivity index (χ3v) is 4.53. The number of aromatic amines is 1. The molecule has 27 heavy (non-hydrogen) atoms. The Labute approximate surface area is 154 Å². The van der Waals surface area contributed by atoms with Crippen LogP contribution >= 0.6 is 0 Å². The number of aromatic nitrogens is 7. The van der Waals surface area contributed by atoms with E-state index in [1.807, 2.05) is 41.6 Å². The molecule has 0 aliphatic rings.